The van der Waals surface area contributed by atoms with Crippen molar-refractivity contribution >= 4 is 34.6 Å². The van der Waals surface area contributed by atoms with Gasteiger partial charge in [-0.25, -0.2) is 0 Å². The van der Waals surface area contributed by atoms with Gasteiger partial charge in [0, 0.05) is 21.1 Å². The van der Waals surface area contributed by atoms with Crippen LogP contribution in [-0.2, 0) is 5.75 Å². The third-order valence-electron chi connectivity index (χ3n) is 2.83. The van der Waals surface area contributed by atoms with Crippen LogP contribution in [-0.4, -0.2) is 22.5 Å². The molecule has 0 radical (unpaired) electrons. The number of hydrogen-bond donors (Lipinski definition) is 1. The summed E-state index contributed by atoms with van der Waals surface area (Å²) in [6.45, 7) is 1.57. The van der Waals surface area contributed by atoms with Crippen molar-refractivity contribution in [3.63, 3.8) is 0 Å². The van der Waals surface area contributed by atoms with Gasteiger partial charge in [0.1, 0.15) is 0 Å². The van der Waals surface area contributed by atoms with E-state index in [1.807, 2.05) is 23.6 Å². The second kappa shape index (κ2) is 7.45. The number of aliphatic carboxylic acids is 1. The Morgan fingerprint density at radius 3 is 2.81 bits per heavy atom. The highest BCUT2D eigenvalue weighted by molar-refractivity contribution is 7.98. The molecular formula is C16H16O3S2. The number of benzene rings is 1. The monoisotopic (exact) mass is 320 g/mol. The Morgan fingerprint density at radius 1 is 1.38 bits per heavy atom. The molecule has 3 rings (SSSR count). The minimum Gasteiger partial charge on any atom is -0.855 e. The van der Waals surface area contributed by atoms with E-state index in [1.54, 1.807) is 30.0 Å². The van der Waals surface area contributed by atoms with Crippen molar-refractivity contribution in [2.45, 2.75) is 17.6 Å². The van der Waals surface area contributed by atoms with Crippen molar-refractivity contribution in [1.82, 2.24) is 0 Å². The lowest BCUT2D eigenvalue weighted by Crippen LogP contribution is -1.97. The Balaban J connectivity index is 0.000000497. The fourth-order valence-corrected chi connectivity index (χ4v) is 4.16. The van der Waals surface area contributed by atoms with Crippen LogP contribution in [0.3, 0.4) is 0 Å². The van der Waals surface area contributed by atoms with Gasteiger partial charge in [0.05, 0.1) is 6.08 Å². The highest BCUT2D eigenvalue weighted by Crippen LogP contribution is 2.42. The van der Waals surface area contributed by atoms with Gasteiger partial charge in [0.2, 0.25) is 0 Å². The first-order chi connectivity index (χ1) is 10.2. The van der Waals surface area contributed by atoms with Crippen molar-refractivity contribution in [1.29, 1.82) is 0 Å². The quantitative estimate of drug-likeness (QED) is 0.648. The molecule has 0 saturated carbocycles. The molecule has 0 atom stereocenters. The number of carboxylic acids is 1. The Hall–Kier alpha value is -1.56. The van der Waals surface area contributed by atoms with Crippen molar-refractivity contribution in [2.75, 3.05) is 6.61 Å². The molecule has 0 saturated heterocycles. The van der Waals surface area contributed by atoms with Gasteiger partial charge in [-0.05, 0) is 28.6 Å². The summed E-state index contributed by atoms with van der Waals surface area (Å²) >= 11 is 3.42. The van der Waals surface area contributed by atoms with Crippen LogP contribution in [0.4, 0.5) is 0 Å². The van der Waals surface area contributed by atoms with E-state index in [1.165, 1.54) is 16.5 Å². The average Bonchev–Trinajstić information content (AvgIpc) is 2.87. The van der Waals surface area contributed by atoms with Gasteiger partial charge >= 0.3 is 5.97 Å². The largest absolute Gasteiger partial charge is 0.855 e. The van der Waals surface area contributed by atoms with Crippen LogP contribution >= 0.6 is 23.1 Å². The predicted octanol–water partition coefficient (Wildman–Crippen LogP) is 3.21. The van der Waals surface area contributed by atoms with E-state index in [9.17, 15) is 9.90 Å². The minimum absolute atomic E-state index is 0. The maximum atomic E-state index is 9.18. The van der Waals surface area contributed by atoms with Crippen LogP contribution in [0.15, 0.2) is 46.7 Å². The van der Waals surface area contributed by atoms with Gasteiger partial charge in [-0.15, -0.1) is 29.7 Å². The second-order valence-corrected chi connectivity index (χ2v) is 6.20. The van der Waals surface area contributed by atoms with Crippen molar-refractivity contribution in [3.8, 4) is 0 Å². The molecule has 1 aliphatic heterocycles. The van der Waals surface area contributed by atoms with Gasteiger partial charge < -0.3 is 15.0 Å². The summed E-state index contributed by atoms with van der Waals surface area (Å²) < 4.78 is 0. The van der Waals surface area contributed by atoms with Gasteiger partial charge in [-0.3, -0.25) is 0 Å². The number of thiophene rings is 1. The topological polar surface area (TPSA) is 64.7 Å². The van der Waals surface area contributed by atoms with E-state index in [-0.39, 0.29) is 6.61 Å². The summed E-state index contributed by atoms with van der Waals surface area (Å²) in [5.41, 5.74) is 3.19. The molecule has 0 aliphatic carbocycles. The maximum Gasteiger partial charge on any atom is 0.508 e. The van der Waals surface area contributed by atoms with Crippen LogP contribution in [0.25, 0.3) is 5.57 Å². The van der Waals surface area contributed by atoms with Crippen LogP contribution in [0.5, 0.6) is 0 Å². The van der Waals surface area contributed by atoms with Crippen LogP contribution in [0.2, 0.25) is 0 Å². The molecule has 2 heterocycles. The first-order valence-electron chi connectivity index (χ1n) is 6.51. The molecular weight excluding hydrogens is 304 g/mol. The molecule has 3 nitrogen and oxygen atoms in total. The number of fused-ring (bicyclic) bond motifs is 2. The molecule has 0 spiro atoms. The molecule has 5 heteroatoms. The summed E-state index contributed by atoms with van der Waals surface area (Å²) in [7, 11) is 0. The van der Waals surface area contributed by atoms with Crippen molar-refractivity contribution < 1.29 is 15.0 Å². The molecule has 2 aromatic rings. The fourth-order valence-electron chi connectivity index (χ4n) is 2.05. The number of carboxylic acid groups (broad SMARTS) is 1. The first kappa shape index (κ1) is 15.8. The lowest BCUT2D eigenvalue weighted by molar-refractivity contribution is -0.361. The molecule has 1 aromatic carbocycles. The van der Waals surface area contributed by atoms with Gasteiger partial charge in [-0.1, -0.05) is 25.1 Å². The lowest BCUT2D eigenvalue weighted by Gasteiger charge is -2.06. The zero-order chi connectivity index (χ0) is 15.2. The van der Waals surface area contributed by atoms with Gasteiger partial charge in [0.15, 0.2) is 0 Å². The third-order valence-corrected chi connectivity index (χ3v) is 4.94. The zero-order valence-corrected chi connectivity index (χ0v) is 13.2. The van der Waals surface area contributed by atoms with Crippen LogP contribution < -0.4 is 5.11 Å². The molecule has 1 aliphatic rings. The smallest absolute Gasteiger partial charge is 0.508 e. The highest BCUT2D eigenvalue weighted by atomic mass is 32.2. The van der Waals surface area contributed by atoms with Crippen molar-refractivity contribution in [3.05, 3.63) is 57.8 Å². The van der Waals surface area contributed by atoms with Crippen LogP contribution in [0, 0.1) is 0 Å². The molecule has 0 unspecified atom stereocenters. The molecule has 0 bridgehead atoms. The maximum absolute atomic E-state index is 9.18. The first-order valence-corrected chi connectivity index (χ1v) is 8.37. The SMILES string of the molecule is CC[O-].OC(=[OH+])/C=C1/c2ccccc2SCc2ccsc21. The van der Waals surface area contributed by atoms with E-state index in [2.05, 4.69) is 12.1 Å². The average molecular weight is 320 g/mol. The lowest BCUT2D eigenvalue weighted by atomic mass is 10.0. The summed E-state index contributed by atoms with van der Waals surface area (Å²) in [4.78, 5) is 11.5. The Morgan fingerprint density at radius 2 is 2.10 bits per heavy atom. The standard InChI is InChI=1S/C14H10O2S2.C2H5O/c15-13(16)7-11-10-3-1-2-4-12(10)18-8-9-5-6-17-14(9)11;1-2-3/h1-7H,8H2,(H,15,16);2H2,1H3/q;-1/p+1/b11-7-;. The molecule has 21 heavy (non-hydrogen) atoms. The van der Waals surface area contributed by atoms with E-state index in [4.69, 9.17) is 5.11 Å². The summed E-state index contributed by atoms with van der Waals surface area (Å²) in [6.07, 6.45) is 1.43. The number of hydrogen-bond acceptors (Lipinski definition) is 3. The van der Waals surface area contributed by atoms with Crippen molar-refractivity contribution in [2.24, 2.45) is 0 Å². The third kappa shape index (κ3) is 3.75. The fraction of sp³-hybridized carbons (Fsp3) is 0.188. The number of thioether (sulfide) groups is 1. The summed E-state index contributed by atoms with van der Waals surface area (Å²) in [5.74, 6) is 0.269. The van der Waals surface area contributed by atoms with E-state index in [0.29, 0.717) is 0 Å². The number of rotatable bonds is 1. The van der Waals surface area contributed by atoms with Gasteiger partial charge in [-0.2, -0.15) is 0 Å². The molecule has 110 valence electrons. The minimum atomic E-state index is -0.647. The summed E-state index contributed by atoms with van der Waals surface area (Å²) in [6, 6.07) is 10.2. The second-order valence-electron chi connectivity index (χ2n) is 4.26. The molecule has 0 amide bonds. The normalized spacial score (nSPS) is 14.5. The number of aliphatic hydroxyl groups excluding tert-OH is 1. The predicted molar refractivity (Wildman–Crippen MR) is 87.5 cm³/mol. The van der Waals surface area contributed by atoms with E-state index >= 15 is 0 Å². The Kier molecular flexibility index (Phi) is 5.61. The summed E-state index contributed by atoms with van der Waals surface area (Å²) in [5, 5.41) is 20.2. The zero-order valence-electron chi connectivity index (χ0n) is 11.6. The Bertz CT molecular complexity index is 659. The Labute approximate surface area is 132 Å². The van der Waals surface area contributed by atoms with E-state index < -0.39 is 5.97 Å². The molecule has 1 aromatic heterocycles. The molecule has 2 N–H and O–H groups in total. The molecule has 0 fully saturated rings. The van der Waals surface area contributed by atoms with Gasteiger partial charge in [0.25, 0.3) is 0 Å². The highest BCUT2D eigenvalue weighted by Gasteiger charge is 2.21. The van der Waals surface area contributed by atoms with E-state index in [0.717, 1.165) is 21.8 Å². The van der Waals surface area contributed by atoms with Crippen LogP contribution in [0.1, 0.15) is 22.9 Å².